The molecule has 1 heterocycles. The number of pyridine rings is 1. The fourth-order valence-electron chi connectivity index (χ4n) is 1.90. The smallest absolute Gasteiger partial charge is 0.339 e. The highest BCUT2D eigenvalue weighted by Gasteiger charge is 2.25. The molecule has 0 aliphatic carbocycles. The Morgan fingerprint density at radius 1 is 1.53 bits per heavy atom. The molecule has 19 heavy (non-hydrogen) atoms. The lowest BCUT2D eigenvalue weighted by molar-refractivity contribution is -0.150. The van der Waals surface area contributed by atoms with Crippen LogP contribution in [0.1, 0.15) is 17.4 Å². The molecule has 2 aromatic rings. The minimum atomic E-state index is -1.46. The van der Waals surface area contributed by atoms with Crippen LogP contribution in [-0.4, -0.2) is 23.2 Å². The number of carbonyl (C=O) groups excluding carboxylic acids is 1. The number of aliphatic hydroxyl groups excluding tert-OH is 1. The fraction of sp³-hybridized carbons (Fsp3) is 0.231. The van der Waals surface area contributed by atoms with Gasteiger partial charge in [0.25, 0.3) is 0 Å². The van der Waals surface area contributed by atoms with Gasteiger partial charge in [0.2, 0.25) is 0 Å². The van der Waals surface area contributed by atoms with Crippen LogP contribution in [0.25, 0.3) is 10.9 Å². The van der Waals surface area contributed by atoms with Crippen molar-refractivity contribution in [1.29, 1.82) is 0 Å². The molecule has 1 atom stereocenters. The van der Waals surface area contributed by atoms with Gasteiger partial charge in [0.05, 0.1) is 12.6 Å². The lowest BCUT2D eigenvalue weighted by Crippen LogP contribution is -2.17. The number of ether oxygens (including phenoxy) is 1. The van der Waals surface area contributed by atoms with Gasteiger partial charge in [0, 0.05) is 20.2 Å². The largest absolute Gasteiger partial charge is 0.467 e. The molecule has 0 amide bonds. The van der Waals surface area contributed by atoms with Crippen LogP contribution in [-0.2, 0) is 9.53 Å². The van der Waals surface area contributed by atoms with Gasteiger partial charge >= 0.3 is 5.97 Å². The van der Waals surface area contributed by atoms with Crippen molar-refractivity contribution in [2.24, 2.45) is 0 Å². The number of aryl methyl sites for hydroxylation is 1. The molecule has 0 aliphatic heterocycles. The van der Waals surface area contributed by atoms with Gasteiger partial charge in [-0.2, -0.15) is 0 Å². The number of fused-ring (bicyclic) bond motifs is 1. The predicted octanol–water partition coefficient (Wildman–Crippen LogP) is 2.49. The lowest BCUT2D eigenvalue weighted by Gasteiger charge is -2.15. The van der Waals surface area contributed by atoms with E-state index >= 15 is 0 Å². The second kappa shape index (κ2) is 5.38. The third kappa shape index (κ3) is 2.42. The average molecular weight is 375 g/mol. The first-order valence-electron chi connectivity index (χ1n) is 5.47. The Kier molecular flexibility index (Phi) is 4.00. The molecular weight excluding hydrogens is 364 g/mol. The van der Waals surface area contributed by atoms with Crippen LogP contribution in [0.2, 0.25) is 0 Å². The summed E-state index contributed by atoms with van der Waals surface area (Å²) in [6.45, 7) is 1.66. The molecule has 0 radical (unpaired) electrons. The number of nitrogens with zero attached hydrogens (tertiary/aromatic N) is 1. The number of hydrogen-bond acceptors (Lipinski definition) is 4. The Morgan fingerprint density at radius 3 is 2.84 bits per heavy atom. The summed E-state index contributed by atoms with van der Waals surface area (Å²) in [4.78, 5) is 15.7. The first kappa shape index (κ1) is 14.1. The number of rotatable bonds is 2. The summed E-state index contributed by atoms with van der Waals surface area (Å²) in [6.07, 6.45) is -1.46. The lowest BCUT2D eigenvalue weighted by atomic mass is 10.0. The van der Waals surface area contributed by atoms with E-state index in [1.165, 1.54) is 13.2 Å². The zero-order valence-corrected chi connectivity index (χ0v) is 12.4. The van der Waals surface area contributed by atoms with Crippen molar-refractivity contribution in [2.45, 2.75) is 13.0 Å². The van der Waals surface area contributed by atoms with E-state index in [1.807, 2.05) is 22.6 Å². The van der Waals surface area contributed by atoms with E-state index in [4.69, 9.17) is 0 Å². The SMILES string of the molecule is COC(=O)C(O)c1c(C)nc2cccc(F)c2c1I. The van der Waals surface area contributed by atoms with Gasteiger partial charge in [-0.25, -0.2) is 9.18 Å². The normalized spacial score (nSPS) is 12.5. The molecule has 1 aromatic heterocycles. The average Bonchev–Trinajstić information content (AvgIpc) is 2.37. The van der Waals surface area contributed by atoms with Crippen LogP contribution < -0.4 is 0 Å². The van der Waals surface area contributed by atoms with Crippen molar-refractivity contribution < 1.29 is 19.0 Å². The minimum absolute atomic E-state index is 0.282. The first-order valence-corrected chi connectivity index (χ1v) is 6.55. The van der Waals surface area contributed by atoms with Crippen molar-refractivity contribution in [1.82, 2.24) is 4.98 Å². The number of aliphatic hydroxyl groups is 1. The zero-order chi connectivity index (χ0) is 14.2. The number of carbonyl (C=O) groups is 1. The number of halogens is 2. The van der Waals surface area contributed by atoms with Crippen molar-refractivity contribution >= 4 is 39.5 Å². The van der Waals surface area contributed by atoms with Crippen molar-refractivity contribution in [3.05, 3.63) is 38.8 Å². The highest BCUT2D eigenvalue weighted by atomic mass is 127. The molecule has 1 N–H and O–H groups in total. The molecule has 100 valence electrons. The van der Waals surface area contributed by atoms with E-state index in [0.29, 0.717) is 20.2 Å². The molecule has 1 aromatic carbocycles. The van der Waals surface area contributed by atoms with E-state index in [9.17, 15) is 14.3 Å². The second-order valence-corrected chi connectivity index (χ2v) is 5.06. The summed E-state index contributed by atoms with van der Waals surface area (Å²) in [5, 5.41) is 10.3. The fourth-order valence-corrected chi connectivity index (χ4v) is 3.12. The molecule has 0 aliphatic rings. The zero-order valence-electron chi connectivity index (χ0n) is 10.3. The first-order chi connectivity index (χ1) is 8.97. The summed E-state index contributed by atoms with van der Waals surface area (Å²) >= 11 is 1.91. The molecule has 4 nitrogen and oxygen atoms in total. The highest BCUT2D eigenvalue weighted by molar-refractivity contribution is 14.1. The number of benzene rings is 1. The summed E-state index contributed by atoms with van der Waals surface area (Å²) < 4.78 is 18.8. The van der Waals surface area contributed by atoms with Gasteiger partial charge in [0.15, 0.2) is 6.10 Å². The number of hydrogen-bond donors (Lipinski definition) is 1. The quantitative estimate of drug-likeness (QED) is 0.648. The van der Waals surface area contributed by atoms with E-state index in [2.05, 4.69) is 9.72 Å². The van der Waals surface area contributed by atoms with Crippen LogP contribution in [0.5, 0.6) is 0 Å². The maximum absolute atomic E-state index is 13.9. The summed E-state index contributed by atoms with van der Waals surface area (Å²) in [7, 11) is 1.18. The topological polar surface area (TPSA) is 59.4 Å². The molecule has 0 saturated heterocycles. The number of aromatic nitrogens is 1. The van der Waals surface area contributed by atoms with Gasteiger partial charge in [0.1, 0.15) is 5.82 Å². The van der Waals surface area contributed by atoms with Gasteiger partial charge in [-0.15, -0.1) is 0 Å². The molecule has 0 saturated carbocycles. The maximum atomic E-state index is 13.9. The standard InChI is InChI=1S/C13H11FINO3/c1-6-9(12(17)13(18)19-2)11(15)10-7(14)4-3-5-8(10)16-6/h3-5,12,17H,1-2H3. The van der Waals surface area contributed by atoms with Crippen LogP contribution in [0.4, 0.5) is 4.39 Å². The van der Waals surface area contributed by atoms with E-state index in [0.717, 1.165) is 0 Å². The van der Waals surface area contributed by atoms with Crippen LogP contribution >= 0.6 is 22.6 Å². The highest BCUT2D eigenvalue weighted by Crippen LogP contribution is 2.31. The van der Waals surface area contributed by atoms with Gasteiger partial charge in [-0.1, -0.05) is 6.07 Å². The Morgan fingerprint density at radius 2 is 2.21 bits per heavy atom. The predicted molar refractivity (Wildman–Crippen MR) is 76.1 cm³/mol. The Bertz CT molecular complexity index is 660. The number of methoxy groups -OCH3 is 1. The molecule has 0 spiro atoms. The second-order valence-electron chi connectivity index (χ2n) is 3.98. The van der Waals surface area contributed by atoms with E-state index < -0.39 is 17.9 Å². The molecule has 1 unspecified atom stereocenters. The van der Waals surface area contributed by atoms with Crippen molar-refractivity contribution in [2.75, 3.05) is 7.11 Å². The molecule has 0 fully saturated rings. The van der Waals surface area contributed by atoms with Gasteiger partial charge in [-0.3, -0.25) is 4.98 Å². The van der Waals surface area contributed by atoms with Crippen LogP contribution in [0.15, 0.2) is 18.2 Å². The molecule has 0 bridgehead atoms. The summed E-state index contributed by atoms with van der Waals surface area (Å²) in [5.41, 5.74) is 1.24. The molecule has 6 heteroatoms. The van der Waals surface area contributed by atoms with Gasteiger partial charge < -0.3 is 9.84 Å². The monoisotopic (exact) mass is 375 g/mol. The third-order valence-electron chi connectivity index (χ3n) is 2.82. The Labute approximate surface area is 122 Å². The Balaban J connectivity index is 2.75. The van der Waals surface area contributed by atoms with Gasteiger partial charge in [-0.05, 0) is 41.6 Å². The van der Waals surface area contributed by atoms with Crippen LogP contribution in [0.3, 0.4) is 0 Å². The maximum Gasteiger partial charge on any atom is 0.339 e. The van der Waals surface area contributed by atoms with Crippen LogP contribution in [0, 0.1) is 16.3 Å². The van der Waals surface area contributed by atoms with E-state index in [1.54, 1.807) is 19.1 Å². The third-order valence-corrected chi connectivity index (χ3v) is 3.94. The van der Waals surface area contributed by atoms with Crippen molar-refractivity contribution in [3.63, 3.8) is 0 Å². The molecule has 2 rings (SSSR count). The van der Waals surface area contributed by atoms with E-state index in [-0.39, 0.29) is 5.56 Å². The summed E-state index contributed by atoms with van der Waals surface area (Å²) in [6, 6.07) is 4.56. The summed E-state index contributed by atoms with van der Waals surface area (Å²) in [5.74, 6) is -1.23. The van der Waals surface area contributed by atoms with Crippen molar-refractivity contribution in [3.8, 4) is 0 Å². The number of esters is 1. The minimum Gasteiger partial charge on any atom is -0.467 e. The Hall–Kier alpha value is -1.28. The molecular formula is C13H11FINO3.